The van der Waals surface area contributed by atoms with E-state index in [4.69, 9.17) is 0 Å². The molecule has 1 unspecified atom stereocenters. The fourth-order valence-corrected chi connectivity index (χ4v) is 2.59. The van der Waals surface area contributed by atoms with Gasteiger partial charge in [0.2, 0.25) is 0 Å². The molecule has 0 fully saturated rings. The van der Waals surface area contributed by atoms with Gasteiger partial charge in [0.05, 0.1) is 5.56 Å². The quantitative estimate of drug-likeness (QED) is 0.716. The summed E-state index contributed by atoms with van der Waals surface area (Å²) in [5, 5.41) is 3.37. The van der Waals surface area contributed by atoms with E-state index in [0.29, 0.717) is 12.6 Å². The number of nitrogens with one attached hydrogen (secondary N) is 1. The van der Waals surface area contributed by atoms with Gasteiger partial charge in [0.25, 0.3) is 0 Å². The Morgan fingerprint density at radius 1 is 0.958 bits per heavy atom. The van der Waals surface area contributed by atoms with Crippen molar-refractivity contribution in [1.82, 2.24) is 5.32 Å². The van der Waals surface area contributed by atoms with Gasteiger partial charge in [-0.1, -0.05) is 43.3 Å². The zero-order chi connectivity index (χ0) is 17.6. The highest BCUT2D eigenvalue weighted by Crippen LogP contribution is 2.29. The number of hydrogen-bond acceptors (Lipinski definition) is 1. The molecule has 0 saturated heterocycles. The number of rotatable bonds is 7. The first kappa shape index (κ1) is 18.5. The van der Waals surface area contributed by atoms with Crippen LogP contribution in [0.25, 0.3) is 0 Å². The van der Waals surface area contributed by atoms with Crippen LogP contribution in [0.4, 0.5) is 13.2 Å². The number of aryl methyl sites for hydroxylation is 2. The Labute approximate surface area is 141 Å². The molecule has 0 aliphatic heterocycles. The van der Waals surface area contributed by atoms with Crippen LogP contribution in [0.1, 0.15) is 42.5 Å². The maximum absolute atomic E-state index is 12.5. The molecule has 0 aliphatic rings. The van der Waals surface area contributed by atoms with Crippen LogP contribution in [0.15, 0.2) is 48.5 Å². The topological polar surface area (TPSA) is 12.0 Å². The van der Waals surface area contributed by atoms with Gasteiger partial charge < -0.3 is 5.32 Å². The van der Waals surface area contributed by atoms with Gasteiger partial charge in [-0.05, 0) is 55.0 Å². The van der Waals surface area contributed by atoms with Crippen LogP contribution in [-0.2, 0) is 25.6 Å². The minimum absolute atomic E-state index is 0.303. The van der Waals surface area contributed by atoms with Crippen LogP contribution in [0, 0.1) is 0 Å². The zero-order valence-corrected chi connectivity index (χ0v) is 14.2. The molecule has 130 valence electrons. The Morgan fingerprint density at radius 2 is 1.62 bits per heavy atom. The molecule has 24 heavy (non-hydrogen) atoms. The second-order valence-corrected chi connectivity index (χ2v) is 6.19. The van der Waals surface area contributed by atoms with Crippen molar-refractivity contribution in [1.29, 1.82) is 0 Å². The first-order chi connectivity index (χ1) is 11.4. The van der Waals surface area contributed by atoms with E-state index in [1.165, 1.54) is 23.3 Å². The van der Waals surface area contributed by atoms with Gasteiger partial charge in [-0.3, -0.25) is 0 Å². The number of hydrogen-bond donors (Lipinski definition) is 1. The van der Waals surface area contributed by atoms with E-state index < -0.39 is 11.7 Å². The van der Waals surface area contributed by atoms with Crippen molar-refractivity contribution in [3.05, 3.63) is 70.8 Å². The molecule has 1 nitrogen and oxygen atoms in total. The molecule has 0 aliphatic carbocycles. The number of benzene rings is 2. The molecule has 0 saturated carbocycles. The Balaban J connectivity index is 1.79. The molecule has 2 rings (SSSR count). The molecular weight excluding hydrogens is 311 g/mol. The fraction of sp³-hybridized carbons (Fsp3) is 0.400. The van der Waals surface area contributed by atoms with Crippen LogP contribution in [-0.4, -0.2) is 6.04 Å². The van der Waals surface area contributed by atoms with E-state index in [9.17, 15) is 13.2 Å². The van der Waals surface area contributed by atoms with Gasteiger partial charge in [0, 0.05) is 12.6 Å². The van der Waals surface area contributed by atoms with E-state index in [-0.39, 0.29) is 0 Å². The molecule has 0 spiro atoms. The minimum atomic E-state index is -4.27. The molecule has 1 atom stereocenters. The second-order valence-electron chi connectivity index (χ2n) is 6.19. The summed E-state index contributed by atoms with van der Waals surface area (Å²) in [6, 6.07) is 14.3. The highest BCUT2D eigenvalue weighted by atomic mass is 19.4. The predicted octanol–water partition coefficient (Wildman–Crippen LogP) is 5.38. The molecular formula is C20H24F3N. The van der Waals surface area contributed by atoms with Gasteiger partial charge in [-0.25, -0.2) is 0 Å². The number of halogens is 3. The largest absolute Gasteiger partial charge is 0.416 e. The third-order valence-electron chi connectivity index (χ3n) is 4.20. The van der Waals surface area contributed by atoms with Crippen molar-refractivity contribution >= 4 is 0 Å². The molecule has 2 aromatic rings. The summed E-state index contributed by atoms with van der Waals surface area (Å²) in [5.41, 5.74) is 2.94. The first-order valence-electron chi connectivity index (χ1n) is 8.36. The maximum Gasteiger partial charge on any atom is 0.416 e. The van der Waals surface area contributed by atoms with Crippen molar-refractivity contribution in [2.24, 2.45) is 0 Å². The Bertz CT molecular complexity index is 632. The fourth-order valence-electron chi connectivity index (χ4n) is 2.59. The van der Waals surface area contributed by atoms with E-state index in [0.717, 1.165) is 37.0 Å². The molecule has 0 heterocycles. The smallest absolute Gasteiger partial charge is 0.310 e. The lowest BCUT2D eigenvalue weighted by Gasteiger charge is -2.15. The molecule has 0 aromatic heterocycles. The summed E-state index contributed by atoms with van der Waals surface area (Å²) in [7, 11) is 0. The van der Waals surface area contributed by atoms with Crippen LogP contribution in [0.3, 0.4) is 0 Å². The highest BCUT2D eigenvalue weighted by Gasteiger charge is 2.29. The van der Waals surface area contributed by atoms with Gasteiger partial charge in [0.1, 0.15) is 0 Å². The molecule has 0 amide bonds. The lowest BCUT2D eigenvalue weighted by Crippen LogP contribution is -2.26. The van der Waals surface area contributed by atoms with Crippen molar-refractivity contribution < 1.29 is 13.2 Å². The maximum atomic E-state index is 12.5. The first-order valence-corrected chi connectivity index (χ1v) is 8.36. The third-order valence-corrected chi connectivity index (χ3v) is 4.20. The van der Waals surface area contributed by atoms with Crippen LogP contribution < -0.4 is 5.32 Å². The third kappa shape index (κ3) is 5.68. The summed E-state index contributed by atoms with van der Waals surface area (Å²) < 4.78 is 37.6. The van der Waals surface area contributed by atoms with Crippen LogP contribution in [0.5, 0.6) is 0 Å². The van der Waals surface area contributed by atoms with E-state index >= 15 is 0 Å². The number of alkyl halides is 3. The van der Waals surface area contributed by atoms with E-state index in [1.54, 1.807) is 0 Å². The second kappa shape index (κ2) is 8.34. The lowest BCUT2D eigenvalue weighted by molar-refractivity contribution is -0.137. The summed E-state index contributed by atoms with van der Waals surface area (Å²) in [6.45, 7) is 4.83. The SMILES string of the molecule is CCc1cccc(CCC(C)NCc2ccc(C(F)(F)F)cc2)c1. The Hall–Kier alpha value is -1.81. The standard InChI is InChI=1S/C20H24F3N/c1-3-16-5-4-6-17(13-16)8-7-15(2)24-14-18-9-11-19(12-10-18)20(21,22)23/h4-6,9-13,15,24H,3,7-8,14H2,1-2H3. The van der Waals surface area contributed by atoms with E-state index in [2.05, 4.69) is 43.4 Å². The minimum Gasteiger partial charge on any atom is -0.310 e. The van der Waals surface area contributed by atoms with Crippen molar-refractivity contribution in [3.63, 3.8) is 0 Å². The summed E-state index contributed by atoms with van der Waals surface area (Å²) in [6.07, 6.45) is -1.25. The van der Waals surface area contributed by atoms with Gasteiger partial charge in [-0.15, -0.1) is 0 Å². The van der Waals surface area contributed by atoms with E-state index in [1.807, 2.05) is 0 Å². The highest BCUT2D eigenvalue weighted by molar-refractivity contribution is 5.25. The predicted molar refractivity (Wildman–Crippen MR) is 91.9 cm³/mol. The average molecular weight is 335 g/mol. The zero-order valence-electron chi connectivity index (χ0n) is 14.2. The van der Waals surface area contributed by atoms with Crippen molar-refractivity contribution in [2.45, 2.75) is 51.9 Å². The van der Waals surface area contributed by atoms with Crippen LogP contribution in [0.2, 0.25) is 0 Å². The summed E-state index contributed by atoms with van der Waals surface area (Å²) in [5.74, 6) is 0. The molecule has 1 N–H and O–H groups in total. The average Bonchev–Trinajstić information content (AvgIpc) is 2.58. The van der Waals surface area contributed by atoms with Crippen molar-refractivity contribution in [2.75, 3.05) is 0 Å². The van der Waals surface area contributed by atoms with Crippen LogP contribution >= 0.6 is 0 Å². The summed E-state index contributed by atoms with van der Waals surface area (Å²) >= 11 is 0. The molecule has 4 heteroatoms. The van der Waals surface area contributed by atoms with Crippen molar-refractivity contribution in [3.8, 4) is 0 Å². The molecule has 2 aromatic carbocycles. The normalized spacial score (nSPS) is 13.0. The Morgan fingerprint density at radius 3 is 2.25 bits per heavy atom. The Kier molecular flexibility index (Phi) is 6.44. The monoisotopic (exact) mass is 335 g/mol. The lowest BCUT2D eigenvalue weighted by atomic mass is 10.0. The molecule has 0 radical (unpaired) electrons. The van der Waals surface area contributed by atoms with Gasteiger partial charge >= 0.3 is 6.18 Å². The summed E-state index contributed by atoms with van der Waals surface area (Å²) in [4.78, 5) is 0. The molecule has 0 bridgehead atoms. The van der Waals surface area contributed by atoms with Gasteiger partial charge in [-0.2, -0.15) is 13.2 Å². The van der Waals surface area contributed by atoms with Gasteiger partial charge in [0.15, 0.2) is 0 Å².